The van der Waals surface area contributed by atoms with Crippen molar-refractivity contribution < 1.29 is 23.8 Å². The summed E-state index contributed by atoms with van der Waals surface area (Å²) in [5.41, 5.74) is 7.51. The van der Waals surface area contributed by atoms with Gasteiger partial charge in [-0.1, -0.05) is 72.8 Å². The van der Waals surface area contributed by atoms with Crippen molar-refractivity contribution in [1.82, 2.24) is 0 Å². The van der Waals surface area contributed by atoms with Gasteiger partial charge < -0.3 is 14.2 Å². The molecular weight excluding hydrogens is 588 g/mol. The van der Waals surface area contributed by atoms with Gasteiger partial charge >= 0.3 is 11.9 Å². The van der Waals surface area contributed by atoms with Crippen LogP contribution in [0.3, 0.4) is 0 Å². The van der Waals surface area contributed by atoms with E-state index in [0.29, 0.717) is 33.8 Å². The lowest BCUT2D eigenvalue weighted by Gasteiger charge is -2.09. The zero-order valence-electron chi connectivity index (χ0n) is 26.1. The van der Waals surface area contributed by atoms with Crippen LogP contribution in [0.5, 0.6) is 11.5 Å². The van der Waals surface area contributed by atoms with E-state index in [-0.39, 0.29) is 13.2 Å². The zero-order valence-corrected chi connectivity index (χ0v) is 26.1. The maximum atomic E-state index is 12.4. The van der Waals surface area contributed by atoms with E-state index < -0.39 is 11.9 Å². The first-order chi connectivity index (χ1) is 22.7. The van der Waals surface area contributed by atoms with Gasteiger partial charge in [0, 0.05) is 5.57 Å². The molecule has 7 nitrogen and oxygen atoms in total. The van der Waals surface area contributed by atoms with E-state index >= 15 is 0 Å². The highest BCUT2D eigenvalue weighted by Crippen LogP contribution is 2.24. The first-order valence-corrected chi connectivity index (χ1v) is 14.7. The van der Waals surface area contributed by atoms with E-state index in [1.54, 1.807) is 55.5 Å². The molecule has 0 aromatic heterocycles. The SMILES string of the molecule is C=C(C)C(=O)OCCOc1ccc(C(=O)Oc2ccc(-c3ccc(C#N)cc3)cc2)cc1.Cc1ccc(-c2ccc(C#N)cc2)cc1. The third-order valence-electron chi connectivity index (χ3n) is 6.83. The molecule has 0 bridgehead atoms. The van der Waals surface area contributed by atoms with Crippen LogP contribution in [0.15, 0.2) is 133 Å². The minimum Gasteiger partial charge on any atom is -0.490 e. The molecule has 0 atom stereocenters. The summed E-state index contributed by atoms with van der Waals surface area (Å²) >= 11 is 0. The number of hydrogen-bond donors (Lipinski definition) is 0. The van der Waals surface area contributed by atoms with Gasteiger partial charge in [0.15, 0.2) is 0 Å². The Labute approximate surface area is 274 Å². The maximum absolute atomic E-state index is 12.4. The van der Waals surface area contributed by atoms with Crippen LogP contribution < -0.4 is 9.47 Å². The summed E-state index contributed by atoms with van der Waals surface area (Å²) in [6, 6.07) is 41.1. The number of rotatable bonds is 9. The second-order valence-electron chi connectivity index (χ2n) is 10.4. The minimum absolute atomic E-state index is 0.105. The average molecular weight is 621 g/mol. The van der Waals surface area contributed by atoms with Crippen LogP contribution in [0.2, 0.25) is 0 Å². The molecule has 0 saturated carbocycles. The number of aryl methyl sites for hydroxylation is 1. The molecule has 0 heterocycles. The molecule has 232 valence electrons. The Kier molecular flexibility index (Phi) is 11.8. The van der Waals surface area contributed by atoms with Gasteiger partial charge in [0.25, 0.3) is 0 Å². The van der Waals surface area contributed by atoms with Gasteiger partial charge in [-0.05, 0) is 96.8 Å². The van der Waals surface area contributed by atoms with Crippen molar-refractivity contribution >= 4 is 11.9 Å². The standard InChI is InChI=1S/C26H21NO5.C14H11N/c1-18(2)25(28)31-16-15-30-23-11-9-22(10-12-23)26(29)32-24-13-7-21(8-14-24)20-5-3-19(17-27)4-6-20;1-11-2-6-13(7-3-11)14-8-4-12(10-15)5-9-14/h3-14H,1,15-16H2,2H3;2-9H,1H3. The molecule has 0 N–H and O–H groups in total. The second-order valence-corrected chi connectivity index (χ2v) is 10.4. The number of ether oxygens (including phenoxy) is 3. The topological polar surface area (TPSA) is 109 Å². The molecule has 5 aromatic carbocycles. The Morgan fingerprint density at radius 2 is 1.04 bits per heavy atom. The highest BCUT2D eigenvalue weighted by molar-refractivity contribution is 5.91. The van der Waals surface area contributed by atoms with Crippen molar-refractivity contribution in [3.8, 4) is 45.9 Å². The molecule has 0 spiro atoms. The van der Waals surface area contributed by atoms with Gasteiger partial charge in [-0.2, -0.15) is 10.5 Å². The molecule has 0 fully saturated rings. The van der Waals surface area contributed by atoms with Gasteiger partial charge in [-0.15, -0.1) is 0 Å². The summed E-state index contributed by atoms with van der Waals surface area (Å²) in [5.74, 6) is 0.0152. The van der Waals surface area contributed by atoms with E-state index in [1.807, 2.05) is 48.5 Å². The Morgan fingerprint density at radius 3 is 1.49 bits per heavy atom. The normalized spacial score (nSPS) is 9.87. The number of benzene rings is 5. The zero-order chi connectivity index (χ0) is 33.6. The molecule has 0 aliphatic rings. The van der Waals surface area contributed by atoms with Gasteiger partial charge in [0.1, 0.15) is 24.7 Å². The van der Waals surface area contributed by atoms with Gasteiger partial charge in [-0.3, -0.25) is 0 Å². The van der Waals surface area contributed by atoms with Crippen molar-refractivity contribution in [2.75, 3.05) is 13.2 Å². The highest BCUT2D eigenvalue weighted by Gasteiger charge is 2.10. The lowest BCUT2D eigenvalue weighted by molar-refractivity contribution is -0.139. The molecule has 5 aromatic rings. The first kappa shape index (κ1) is 33.5. The molecule has 0 amide bonds. The van der Waals surface area contributed by atoms with Crippen LogP contribution in [0, 0.1) is 29.6 Å². The third-order valence-corrected chi connectivity index (χ3v) is 6.83. The van der Waals surface area contributed by atoms with E-state index in [1.165, 1.54) is 11.1 Å². The quantitative estimate of drug-likeness (QED) is 0.0703. The predicted molar refractivity (Wildman–Crippen MR) is 181 cm³/mol. The van der Waals surface area contributed by atoms with Crippen LogP contribution in [0.4, 0.5) is 0 Å². The van der Waals surface area contributed by atoms with Gasteiger partial charge in [-0.25, -0.2) is 9.59 Å². The highest BCUT2D eigenvalue weighted by atomic mass is 16.6. The lowest BCUT2D eigenvalue weighted by Crippen LogP contribution is -2.12. The molecular formula is C40H32N2O5. The Bertz CT molecular complexity index is 1900. The predicted octanol–water partition coefficient (Wildman–Crippen LogP) is 8.48. The molecule has 0 radical (unpaired) electrons. The van der Waals surface area contributed by atoms with Crippen LogP contribution in [0.1, 0.15) is 34.0 Å². The number of nitriles is 2. The van der Waals surface area contributed by atoms with Crippen LogP contribution in [-0.2, 0) is 9.53 Å². The smallest absolute Gasteiger partial charge is 0.343 e. The summed E-state index contributed by atoms with van der Waals surface area (Å²) in [6.07, 6.45) is 0. The molecule has 0 aliphatic carbocycles. The maximum Gasteiger partial charge on any atom is 0.343 e. The van der Waals surface area contributed by atoms with Crippen molar-refractivity contribution in [2.45, 2.75) is 13.8 Å². The fourth-order valence-electron chi connectivity index (χ4n) is 4.21. The minimum atomic E-state index is -0.488. The van der Waals surface area contributed by atoms with Crippen molar-refractivity contribution in [2.24, 2.45) is 0 Å². The molecule has 5 rings (SSSR count). The van der Waals surface area contributed by atoms with E-state index in [0.717, 1.165) is 16.7 Å². The van der Waals surface area contributed by atoms with Crippen molar-refractivity contribution in [3.63, 3.8) is 0 Å². The Morgan fingerprint density at radius 1 is 0.617 bits per heavy atom. The fourth-order valence-corrected chi connectivity index (χ4v) is 4.21. The molecule has 7 heteroatoms. The number of nitrogens with zero attached hydrogens (tertiary/aromatic N) is 2. The Hall–Kier alpha value is -6.44. The lowest BCUT2D eigenvalue weighted by atomic mass is 10.0. The number of carbonyl (C=O) groups is 2. The number of hydrogen-bond acceptors (Lipinski definition) is 7. The van der Waals surface area contributed by atoms with E-state index in [9.17, 15) is 9.59 Å². The van der Waals surface area contributed by atoms with Crippen molar-refractivity contribution in [3.05, 3.63) is 156 Å². The van der Waals surface area contributed by atoms with Crippen LogP contribution in [-0.4, -0.2) is 25.2 Å². The summed E-state index contributed by atoms with van der Waals surface area (Å²) < 4.78 is 15.9. The summed E-state index contributed by atoms with van der Waals surface area (Å²) in [6.45, 7) is 7.44. The molecule has 0 saturated heterocycles. The summed E-state index contributed by atoms with van der Waals surface area (Å²) in [7, 11) is 0. The summed E-state index contributed by atoms with van der Waals surface area (Å²) in [5, 5.41) is 17.6. The van der Waals surface area contributed by atoms with E-state index in [4.69, 9.17) is 24.7 Å². The molecule has 0 unspecified atom stereocenters. The Balaban J connectivity index is 0.000000277. The molecule has 47 heavy (non-hydrogen) atoms. The first-order valence-electron chi connectivity index (χ1n) is 14.7. The largest absolute Gasteiger partial charge is 0.490 e. The monoisotopic (exact) mass is 620 g/mol. The van der Waals surface area contributed by atoms with E-state index in [2.05, 4.69) is 49.9 Å². The number of carbonyl (C=O) groups excluding carboxylic acids is 2. The fraction of sp³-hybridized carbons (Fsp3) is 0.100. The summed E-state index contributed by atoms with van der Waals surface area (Å²) in [4.78, 5) is 23.7. The molecule has 0 aliphatic heterocycles. The van der Waals surface area contributed by atoms with Crippen LogP contribution >= 0.6 is 0 Å². The average Bonchev–Trinajstić information content (AvgIpc) is 3.11. The van der Waals surface area contributed by atoms with Crippen LogP contribution in [0.25, 0.3) is 22.3 Å². The number of esters is 2. The van der Waals surface area contributed by atoms with Gasteiger partial charge in [0.05, 0.1) is 28.8 Å². The second kappa shape index (κ2) is 16.6. The third kappa shape index (κ3) is 10.0. The van der Waals surface area contributed by atoms with Gasteiger partial charge in [0.2, 0.25) is 0 Å². The van der Waals surface area contributed by atoms with Crippen molar-refractivity contribution in [1.29, 1.82) is 10.5 Å².